The van der Waals surface area contributed by atoms with Crippen LogP contribution in [0.2, 0.25) is 0 Å². The molecule has 1 saturated carbocycles. The van der Waals surface area contributed by atoms with Crippen molar-refractivity contribution < 1.29 is 27.3 Å². The number of carbonyl (C=O) groups is 1. The van der Waals surface area contributed by atoms with Crippen molar-refractivity contribution in [2.45, 2.75) is 71.1 Å². The standard InChI is InChI=1S/C30H33FN4O4/c1-17-15-22(8-11-24(17)31)35-27(13-14-38-30(35)36)29-32-25-16-20(28-18(2)33-39-19(28)3)5-12-26(25)34(29)21-6-9-23(37-4)10-7-21/h5,8,11-12,15-16,21,23,27H,6-7,9-10,13-14H2,1-4H3/t21-,23-,27-/m0/s1/i4D3. The molecule has 0 spiro atoms. The Morgan fingerprint density at radius 3 is 2.62 bits per heavy atom. The highest BCUT2D eigenvalue weighted by atomic mass is 19.1. The van der Waals surface area contributed by atoms with E-state index >= 15 is 0 Å². The fourth-order valence-corrected chi connectivity index (χ4v) is 6.10. The molecule has 3 heterocycles. The number of rotatable bonds is 5. The van der Waals surface area contributed by atoms with E-state index in [-0.39, 0.29) is 24.6 Å². The van der Waals surface area contributed by atoms with Crippen LogP contribution in [0.15, 0.2) is 40.9 Å². The van der Waals surface area contributed by atoms with E-state index in [1.807, 2.05) is 32.0 Å². The maximum Gasteiger partial charge on any atom is 0.414 e. The molecule has 6 rings (SSSR count). The van der Waals surface area contributed by atoms with Gasteiger partial charge in [-0.15, -0.1) is 0 Å². The summed E-state index contributed by atoms with van der Waals surface area (Å²) in [7, 11) is -2.44. The van der Waals surface area contributed by atoms with Gasteiger partial charge < -0.3 is 18.6 Å². The summed E-state index contributed by atoms with van der Waals surface area (Å²) in [6.45, 7) is 5.66. The Morgan fingerprint density at radius 1 is 1.08 bits per heavy atom. The lowest BCUT2D eigenvalue weighted by molar-refractivity contribution is 0.0582. The average molecular weight is 536 g/mol. The highest BCUT2D eigenvalue weighted by Crippen LogP contribution is 2.41. The number of hydrogen-bond donors (Lipinski definition) is 0. The number of imidazole rings is 1. The van der Waals surface area contributed by atoms with Gasteiger partial charge in [0.05, 0.1) is 33.6 Å². The molecule has 2 aliphatic rings. The lowest BCUT2D eigenvalue weighted by atomic mass is 9.92. The predicted molar refractivity (Wildman–Crippen MR) is 145 cm³/mol. The van der Waals surface area contributed by atoms with Crippen molar-refractivity contribution in [2.24, 2.45) is 0 Å². The minimum Gasteiger partial charge on any atom is -0.449 e. The van der Waals surface area contributed by atoms with Gasteiger partial charge in [0.25, 0.3) is 0 Å². The molecule has 2 aromatic heterocycles. The summed E-state index contributed by atoms with van der Waals surface area (Å²) in [5, 5.41) is 4.10. The van der Waals surface area contributed by atoms with Gasteiger partial charge in [0.2, 0.25) is 0 Å². The predicted octanol–water partition coefficient (Wildman–Crippen LogP) is 6.97. The van der Waals surface area contributed by atoms with E-state index in [4.69, 9.17) is 23.1 Å². The largest absolute Gasteiger partial charge is 0.449 e. The Bertz CT molecular complexity index is 1620. The van der Waals surface area contributed by atoms with Crippen LogP contribution in [0.25, 0.3) is 22.2 Å². The van der Waals surface area contributed by atoms with E-state index in [2.05, 4.69) is 9.72 Å². The molecule has 0 radical (unpaired) electrons. The monoisotopic (exact) mass is 535 g/mol. The van der Waals surface area contributed by atoms with E-state index in [0.29, 0.717) is 54.9 Å². The molecular formula is C30H33FN4O4. The van der Waals surface area contributed by atoms with Crippen LogP contribution in [0.5, 0.6) is 0 Å². The number of hydrogen-bond acceptors (Lipinski definition) is 6. The van der Waals surface area contributed by atoms with Crippen LogP contribution >= 0.6 is 0 Å². The number of ether oxygens (including phenoxy) is 2. The van der Waals surface area contributed by atoms with Crippen molar-refractivity contribution >= 4 is 22.8 Å². The van der Waals surface area contributed by atoms with Crippen molar-refractivity contribution in [3.8, 4) is 11.1 Å². The van der Waals surface area contributed by atoms with Crippen molar-refractivity contribution in [2.75, 3.05) is 18.5 Å². The minimum atomic E-state index is -2.44. The lowest BCUT2D eigenvalue weighted by Gasteiger charge is -2.37. The first-order valence-electron chi connectivity index (χ1n) is 14.9. The molecule has 4 aromatic rings. The van der Waals surface area contributed by atoms with Gasteiger partial charge in [-0.25, -0.2) is 14.2 Å². The van der Waals surface area contributed by atoms with E-state index < -0.39 is 19.2 Å². The number of methoxy groups -OCH3 is 1. The van der Waals surface area contributed by atoms with Gasteiger partial charge in [0.15, 0.2) is 0 Å². The van der Waals surface area contributed by atoms with E-state index in [1.165, 1.54) is 6.07 Å². The summed E-state index contributed by atoms with van der Waals surface area (Å²) in [5.74, 6) is 1.07. The number of fused-ring (bicyclic) bond motifs is 1. The maximum absolute atomic E-state index is 14.2. The second-order valence-corrected chi connectivity index (χ2v) is 10.5. The summed E-state index contributed by atoms with van der Waals surface area (Å²) in [4.78, 5) is 19.9. The molecule has 1 saturated heterocycles. The molecule has 2 fully saturated rings. The van der Waals surface area contributed by atoms with Crippen LogP contribution < -0.4 is 4.90 Å². The van der Waals surface area contributed by atoms with Crippen LogP contribution in [-0.2, 0) is 9.47 Å². The van der Waals surface area contributed by atoms with Gasteiger partial charge in [-0.05, 0) is 87.9 Å². The average Bonchev–Trinajstić information content (AvgIpc) is 3.48. The third-order valence-corrected chi connectivity index (χ3v) is 8.06. The lowest BCUT2D eigenvalue weighted by Crippen LogP contribution is -2.42. The molecule has 1 aliphatic heterocycles. The van der Waals surface area contributed by atoms with Crippen molar-refractivity contribution in [3.63, 3.8) is 0 Å². The normalized spacial score (nSPS) is 23.4. The highest BCUT2D eigenvalue weighted by Gasteiger charge is 2.38. The highest BCUT2D eigenvalue weighted by molar-refractivity contribution is 5.90. The van der Waals surface area contributed by atoms with Gasteiger partial charge >= 0.3 is 6.09 Å². The molecule has 0 unspecified atom stereocenters. The molecule has 0 bridgehead atoms. The number of cyclic esters (lactones) is 1. The first kappa shape index (κ1) is 22.1. The van der Waals surface area contributed by atoms with Gasteiger partial charge in [-0.3, -0.25) is 4.90 Å². The number of amides is 1. The number of anilines is 1. The zero-order valence-corrected chi connectivity index (χ0v) is 22.2. The van der Waals surface area contributed by atoms with Crippen molar-refractivity contribution in [1.29, 1.82) is 0 Å². The first-order chi connectivity index (χ1) is 20.0. The zero-order valence-electron chi connectivity index (χ0n) is 25.2. The maximum atomic E-state index is 14.2. The second-order valence-electron chi connectivity index (χ2n) is 10.5. The van der Waals surface area contributed by atoms with Gasteiger partial charge in [0.1, 0.15) is 23.4 Å². The fourth-order valence-electron chi connectivity index (χ4n) is 6.10. The Kier molecular flexibility index (Phi) is 5.74. The number of aryl methyl sites for hydroxylation is 3. The smallest absolute Gasteiger partial charge is 0.414 e. The molecule has 1 amide bonds. The summed E-state index contributed by atoms with van der Waals surface area (Å²) >= 11 is 0. The molecule has 0 N–H and O–H groups in total. The Labute approximate surface area is 230 Å². The summed E-state index contributed by atoms with van der Waals surface area (Å²) in [6, 6.07) is 10.2. The quantitative estimate of drug-likeness (QED) is 0.274. The summed E-state index contributed by atoms with van der Waals surface area (Å²) < 4.78 is 55.1. The second kappa shape index (κ2) is 10.1. The van der Waals surface area contributed by atoms with Gasteiger partial charge in [-0.2, -0.15) is 0 Å². The molecule has 1 atom stereocenters. The SMILES string of the molecule is [2H]C([2H])([2H])O[C@H]1CC[C@H](n2c([C@@H]3CCOC(=O)N3c3ccc(F)c(C)c3)nc3cc(-c4c(C)noc4C)ccc32)CC1. The van der Waals surface area contributed by atoms with E-state index in [0.717, 1.165) is 27.9 Å². The van der Waals surface area contributed by atoms with Crippen molar-refractivity contribution in [1.82, 2.24) is 14.7 Å². The first-order valence-corrected chi connectivity index (χ1v) is 13.4. The van der Waals surface area contributed by atoms with Crippen LogP contribution in [0.4, 0.5) is 14.9 Å². The van der Waals surface area contributed by atoms with Crippen LogP contribution in [0.1, 0.15) is 71.1 Å². The van der Waals surface area contributed by atoms with Crippen LogP contribution in [-0.4, -0.2) is 40.5 Å². The Morgan fingerprint density at radius 2 is 1.90 bits per heavy atom. The molecule has 9 heteroatoms. The number of nitrogens with zero attached hydrogens (tertiary/aromatic N) is 4. The molecule has 1 aliphatic carbocycles. The van der Waals surface area contributed by atoms with E-state index in [9.17, 15) is 9.18 Å². The fraction of sp³-hybridized carbons (Fsp3) is 0.433. The minimum absolute atomic E-state index is 0.0149. The Balaban J connectivity index is 1.46. The molecule has 39 heavy (non-hydrogen) atoms. The van der Waals surface area contributed by atoms with Crippen molar-refractivity contribution in [3.05, 3.63) is 65.1 Å². The Hall–Kier alpha value is -3.72. The van der Waals surface area contributed by atoms with E-state index in [1.54, 1.807) is 24.0 Å². The molecule has 204 valence electrons. The molecule has 8 nitrogen and oxygen atoms in total. The number of benzene rings is 2. The molecule has 2 aromatic carbocycles. The summed E-state index contributed by atoms with van der Waals surface area (Å²) in [6.07, 6.45) is 2.21. The van der Waals surface area contributed by atoms with Gasteiger partial charge in [0, 0.05) is 30.8 Å². The van der Waals surface area contributed by atoms with Crippen LogP contribution in [0, 0.1) is 26.6 Å². The third-order valence-electron chi connectivity index (χ3n) is 8.06. The van der Waals surface area contributed by atoms with Gasteiger partial charge in [-0.1, -0.05) is 11.2 Å². The third kappa shape index (κ3) is 4.48. The number of aromatic nitrogens is 3. The van der Waals surface area contributed by atoms with Crippen LogP contribution in [0.3, 0.4) is 0 Å². The molecular weight excluding hydrogens is 499 g/mol. The number of carbonyl (C=O) groups excluding carboxylic acids is 1. The number of halogens is 1. The topological polar surface area (TPSA) is 82.6 Å². The zero-order chi connectivity index (χ0) is 29.8. The summed E-state index contributed by atoms with van der Waals surface area (Å²) in [5.41, 5.74) is 5.27.